The van der Waals surface area contributed by atoms with Gasteiger partial charge in [0.2, 0.25) is 0 Å². The average Bonchev–Trinajstić information content (AvgIpc) is 3.14. The molecular weight excluding hydrogens is 446 g/mol. The SMILES string of the molecule is COc1ccc(/C(O)=C2\C(=O)C(=O)N(c3ccc(C)c(C)c3)C2c2ccccc2OC)cc1OC. The minimum atomic E-state index is -0.902. The first-order chi connectivity index (χ1) is 16.8. The van der Waals surface area contributed by atoms with Gasteiger partial charge in [0.15, 0.2) is 11.5 Å². The highest BCUT2D eigenvalue weighted by atomic mass is 16.5. The van der Waals surface area contributed by atoms with Crippen LogP contribution in [0.3, 0.4) is 0 Å². The van der Waals surface area contributed by atoms with Crippen LogP contribution in [0.25, 0.3) is 5.76 Å². The van der Waals surface area contributed by atoms with Gasteiger partial charge >= 0.3 is 0 Å². The number of carbonyl (C=O) groups excluding carboxylic acids is 2. The van der Waals surface area contributed by atoms with Gasteiger partial charge in [-0.1, -0.05) is 24.3 Å². The van der Waals surface area contributed by atoms with Crippen molar-refractivity contribution in [3.05, 3.63) is 88.5 Å². The number of Topliss-reactive ketones (excluding diaryl/α,β-unsaturated/α-hetero) is 1. The molecule has 1 aliphatic rings. The van der Waals surface area contributed by atoms with Crippen molar-refractivity contribution in [1.82, 2.24) is 0 Å². The summed E-state index contributed by atoms with van der Waals surface area (Å²) in [5, 5.41) is 11.4. The van der Waals surface area contributed by atoms with Crippen molar-refractivity contribution in [2.75, 3.05) is 26.2 Å². The second-order valence-corrected chi connectivity index (χ2v) is 8.25. The molecule has 1 amide bonds. The summed E-state index contributed by atoms with van der Waals surface area (Å²) in [5.41, 5.74) is 3.45. The maximum atomic E-state index is 13.4. The standard InChI is InChI=1S/C28H27NO6/c1-16-10-12-19(14-17(16)2)29-25(20-8-6-7-9-21(20)33-3)24(27(31)28(29)32)26(30)18-11-13-22(34-4)23(15-18)35-5/h6-15,25,30H,1-5H3/b26-24+. The van der Waals surface area contributed by atoms with Crippen molar-refractivity contribution >= 4 is 23.1 Å². The average molecular weight is 474 g/mol. The molecule has 35 heavy (non-hydrogen) atoms. The normalized spacial score (nSPS) is 16.9. The maximum Gasteiger partial charge on any atom is 0.300 e. The Kier molecular flexibility index (Phi) is 6.51. The van der Waals surface area contributed by atoms with Crippen LogP contribution in [-0.4, -0.2) is 38.1 Å². The number of aliphatic hydroxyl groups excluding tert-OH is 1. The quantitative estimate of drug-likeness (QED) is 0.310. The number of anilines is 1. The van der Waals surface area contributed by atoms with Crippen molar-refractivity contribution in [1.29, 1.82) is 0 Å². The molecule has 3 aromatic rings. The summed E-state index contributed by atoms with van der Waals surface area (Å²) in [4.78, 5) is 28.2. The molecule has 180 valence electrons. The van der Waals surface area contributed by atoms with Gasteiger partial charge in [0, 0.05) is 16.8 Å². The second-order valence-electron chi connectivity index (χ2n) is 8.25. The molecule has 7 heteroatoms. The minimum Gasteiger partial charge on any atom is -0.507 e. The Labute approximate surface area is 204 Å². The molecule has 0 bridgehead atoms. The number of hydrogen-bond donors (Lipinski definition) is 1. The molecule has 1 aliphatic heterocycles. The molecule has 0 saturated carbocycles. The van der Waals surface area contributed by atoms with Gasteiger partial charge in [0.1, 0.15) is 11.5 Å². The Morgan fingerprint density at radius 2 is 1.49 bits per heavy atom. The number of hydrogen-bond acceptors (Lipinski definition) is 6. The summed E-state index contributed by atoms with van der Waals surface area (Å²) in [6.45, 7) is 3.92. The zero-order valence-electron chi connectivity index (χ0n) is 20.3. The molecule has 1 N–H and O–H groups in total. The number of para-hydroxylation sites is 1. The van der Waals surface area contributed by atoms with Crippen molar-refractivity contribution in [2.24, 2.45) is 0 Å². The molecule has 7 nitrogen and oxygen atoms in total. The molecule has 0 aromatic heterocycles. The van der Waals surface area contributed by atoms with Gasteiger partial charge in [-0.25, -0.2) is 0 Å². The van der Waals surface area contributed by atoms with E-state index in [-0.39, 0.29) is 11.3 Å². The van der Waals surface area contributed by atoms with Gasteiger partial charge in [-0.3, -0.25) is 14.5 Å². The number of ketones is 1. The Bertz CT molecular complexity index is 1340. The third-order valence-electron chi connectivity index (χ3n) is 6.30. The Morgan fingerprint density at radius 1 is 0.800 bits per heavy atom. The fourth-order valence-corrected chi connectivity index (χ4v) is 4.30. The fourth-order valence-electron chi connectivity index (χ4n) is 4.30. The van der Waals surface area contributed by atoms with Crippen LogP contribution in [0.5, 0.6) is 17.2 Å². The Morgan fingerprint density at radius 3 is 2.14 bits per heavy atom. The first-order valence-corrected chi connectivity index (χ1v) is 11.1. The molecule has 1 heterocycles. The van der Waals surface area contributed by atoms with E-state index in [9.17, 15) is 14.7 Å². The van der Waals surface area contributed by atoms with Crippen molar-refractivity contribution < 1.29 is 28.9 Å². The third kappa shape index (κ3) is 4.10. The topological polar surface area (TPSA) is 85.3 Å². The lowest BCUT2D eigenvalue weighted by Crippen LogP contribution is -2.29. The van der Waals surface area contributed by atoms with Gasteiger partial charge in [0.05, 0.1) is 32.9 Å². The van der Waals surface area contributed by atoms with Gasteiger partial charge < -0.3 is 19.3 Å². The van der Waals surface area contributed by atoms with E-state index in [1.54, 1.807) is 48.5 Å². The zero-order valence-corrected chi connectivity index (χ0v) is 20.3. The number of nitrogens with zero attached hydrogens (tertiary/aromatic N) is 1. The molecule has 0 radical (unpaired) electrons. The van der Waals surface area contributed by atoms with E-state index in [1.165, 1.54) is 26.2 Å². The molecule has 0 spiro atoms. The molecule has 3 aromatic carbocycles. The van der Waals surface area contributed by atoms with E-state index >= 15 is 0 Å². The molecule has 1 unspecified atom stereocenters. The number of amides is 1. The van der Waals surface area contributed by atoms with E-state index in [1.807, 2.05) is 26.0 Å². The highest BCUT2D eigenvalue weighted by Crippen LogP contribution is 2.45. The number of carbonyl (C=O) groups is 2. The van der Waals surface area contributed by atoms with Crippen LogP contribution in [0.1, 0.15) is 28.3 Å². The molecule has 1 atom stereocenters. The monoisotopic (exact) mass is 473 g/mol. The van der Waals surface area contributed by atoms with Gasteiger partial charge in [0.25, 0.3) is 11.7 Å². The number of benzene rings is 3. The van der Waals surface area contributed by atoms with Crippen LogP contribution >= 0.6 is 0 Å². The summed E-state index contributed by atoms with van der Waals surface area (Å²) in [7, 11) is 4.51. The van der Waals surface area contributed by atoms with Crippen LogP contribution in [0.2, 0.25) is 0 Å². The number of aryl methyl sites for hydroxylation is 2. The van der Waals surface area contributed by atoms with Gasteiger partial charge in [-0.15, -0.1) is 0 Å². The van der Waals surface area contributed by atoms with Crippen molar-refractivity contribution in [2.45, 2.75) is 19.9 Å². The van der Waals surface area contributed by atoms with E-state index in [4.69, 9.17) is 14.2 Å². The lowest BCUT2D eigenvalue weighted by molar-refractivity contribution is -0.132. The van der Waals surface area contributed by atoms with Gasteiger partial charge in [-0.2, -0.15) is 0 Å². The number of aliphatic hydroxyl groups is 1. The second kappa shape index (κ2) is 9.54. The van der Waals surface area contributed by atoms with Crippen LogP contribution < -0.4 is 19.1 Å². The molecule has 4 rings (SSSR count). The zero-order chi connectivity index (χ0) is 25.3. The Balaban J connectivity index is 1.99. The molecule has 1 fully saturated rings. The summed E-state index contributed by atoms with van der Waals surface area (Å²) in [6, 6.07) is 16.6. The van der Waals surface area contributed by atoms with Crippen LogP contribution in [0.15, 0.2) is 66.2 Å². The maximum absolute atomic E-state index is 13.4. The third-order valence-corrected chi connectivity index (χ3v) is 6.30. The number of ether oxygens (including phenoxy) is 3. The first kappa shape index (κ1) is 23.9. The summed E-state index contributed by atoms with van der Waals surface area (Å²) >= 11 is 0. The van der Waals surface area contributed by atoms with Crippen molar-refractivity contribution in [3.8, 4) is 17.2 Å². The molecular formula is C28H27NO6. The number of methoxy groups -OCH3 is 3. The van der Waals surface area contributed by atoms with Crippen LogP contribution in [0, 0.1) is 13.8 Å². The van der Waals surface area contributed by atoms with Crippen molar-refractivity contribution in [3.63, 3.8) is 0 Å². The van der Waals surface area contributed by atoms with E-state index < -0.39 is 17.7 Å². The van der Waals surface area contributed by atoms with E-state index in [2.05, 4.69) is 0 Å². The molecule has 0 aliphatic carbocycles. The highest BCUT2D eigenvalue weighted by molar-refractivity contribution is 6.51. The lowest BCUT2D eigenvalue weighted by Gasteiger charge is -2.27. The minimum absolute atomic E-state index is 0.0371. The lowest BCUT2D eigenvalue weighted by atomic mass is 9.94. The summed E-state index contributed by atoms with van der Waals surface area (Å²) < 4.78 is 16.2. The number of rotatable bonds is 6. The Hall–Kier alpha value is -4.26. The predicted molar refractivity (Wildman–Crippen MR) is 133 cm³/mol. The first-order valence-electron chi connectivity index (χ1n) is 11.1. The van der Waals surface area contributed by atoms with Crippen LogP contribution in [-0.2, 0) is 9.59 Å². The summed E-state index contributed by atoms with van der Waals surface area (Å²) in [5.74, 6) is -0.481. The highest BCUT2D eigenvalue weighted by Gasteiger charge is 2.48. The van der Waals surface area contributed by atoms with E-state index in [0.29, 0.717) is 34.1 Å². The fraction of sp³-hybridized carbons (Fsp3) is 0.214. The smallest absolute Gasteiger partial charge is 0.300 e. The predicted octanol–water partition coefficient (Wildman–Crippen LogP) is 4.96. The van der Waals surface area contributed by atoms with Gasteiger partial charge in [-0.05, 0) is 61.4 Å². The largest absolute Gasteiger partial charge is 0.507 e. The van der Waals surface area contributed by atoms with Crippen LogP contribution in [0.4, 0.5) is 5.69 Å². The summed E-state index contributed by atoms with van der Waals surface area (Å²) in [6.07, 6.45) is 0. The molecule has 1 saturated heterocycles. The van der Waals surface area contributed by atoms with E-state index in [0.717, 1.165) is 11.1 Å².